The molecule has 2 atom stereocenters. The number of likely N-dealkylation sites (N-methyl/N-ethyl adjacent to an activating group) is 1. The van der Waals surface area contributed by atoms with Crippen LogP contribution in [0.25, 0.3) is 11.2 Å². The summed E-state index contributed by atoms with van der Waals surface area (Å²) in [7, 11) is 2.03. The molecule has 1 aliphatic rings. The van der Waals surface area contributed by atoms with Crippen LogP contribution in [-0.2, 0) is 6.54 Å². The summed E-state index contributed by atoms with van der Waals surface area (Å²) >= 11 is 0. The largest absolute Gasteiger partial charge is 0.421 e. The van der Waals surface area contributed by atoms with Crippen LogP contribution in [0.15, 0.2) is 27.5 Å². The third kappa shape index (κ3) is 3.23. The molecule has 2 unspecified atom stereocenters. The molecule has 2 aromatic heterocycles. The van der Waals surface area contributed by atoms with Gasteiger partial charge in [-0.05, 0) is 37.9 Å². The number of hydrogen-bond donors (Lipinski definition) is 1. The molecule has 2 heterocycles. The van der Waals surface area contributed by atoms with E-state index in [1.807, 2.05) is 7.05 Å². The minimum atomic E-state index is -0.361. The molecule has 0 saturated heterocycles. The number of aliphatic hydroxyl groups excluding tert-OH is 1. The van der Waals surface area contributed by atoms with Crippen LogP contribution in [0.4, 0.5) is 0 Å². The van der Waals surface area contributed by atoms with Crippen molar-refractivity contribution in [3.63, 3.8) is 0 Å². The van der Waals surface area contributed by atoms with Crippen LogP contribution in [0.3, 0.4) is 0 Å². The van der Waals surface area contributed by atoms with E-state index in [9.17, 15) is 9.90 Å². The smallest absolute Gasteiger partial charge is 0.406 e. The van der Waals surface area contributed by atoms with Gasteiger partial charge in [0.1, 0.15) is 0 Å². The minimum absolute atomic E-state index is 0.185. The van der Waals surface area contributed by atoms with Gasteiger partial charge in [0, 0.05) is 25.8 Å². The first-order valence-corrected chi connectivity index (χ1v) is 7.96. The molecular weight excluding hydrogens is 282 g/mol. The molecule has 3 rings (SSSR count). The van der Waals surface area contributed by atoms with Crippen LogP contribution in [-0.4, -0.2) is 45.8 Å². The minimum Gasteiger partial charge on any atom is -0.406 e. The molecule has 0 radical (unpaired) electrons. The first-order valence-electron chi connectivity index (χ1n) is 7.96. The number of hydrogen-bond acceptors (Lipinski definition) is 5. The third-order valence-electron chi connectivity index (χ3n) is 4.54. The Morgan fingerprint density at radius 1 is 1.45 bits per heavy atom. The highest BCUT2D eigenvalue weighted by Gasteiger charge is 2.24. The van der Waals surface area contributed by atoms with Gasteiger partial charge in [-0.1, -0.05) is 12.8 Å². The maximum atomic E-state index is 11.9. The van der Waals surface area contributed by atoms with Gasteiger partial charge >= 0.3 is 5.76 Å². The number of oxazole rings is 1. The Kier molecular flexibility index (Phi) is 4.59. The van der Waals surface area contributed by atoms with Gasteiger partial charge in [0.15, 0.2) is 11.2 Å². The molecule has 0 aromatic carbocycles. The number of rotatable bonds is 5. The second-order valence-electron chi connectivity index (χ2n) is 6.22. The lowest BCUT2D eigenvalue weighted by molar-refractivity contribution is 0.0509. The van der Waals surface area contributed by atoms with Crippen molar-refractivity contribution in [2.24, 2.45) is 5.92 Å². The summed E-state index contributed by atoms with van der Waals surface area (Å²) in [5, 5.41) is 10.0. The lowest BCUT2D eigenvalue weighted by atomic mass is 9.86. The topological polar surface area (TPSA) is 71.5 Å². The zero-order valence-electron chi connectivity index (χ0n) is 12.9. The Hall–Kier alpha value is -1.66. The number of pyridine rings is 1. The summed E-state index contributed by atoms with van der Waals surface area (Å²) in [6.45, 7) is 2.13. The van der Waals surface area contributed by atoms with Gasteiger partial charge in [0.25, 0.3) is 0 Å². The summed E-state index contributed by atoms with van der Waals surface area (Å²) in [4.78, 5) is 18.3. The molecule has 2 aromatic rings. The molecule has 1 aliphatic carbocycles. The Morgan fingerprint density at radius 3 is 3.09 bits per heavy atom. The summed E-state index contributed by atoms with van der Waals surface area (Å²) in [6, 6.07) is 3.51. The van der Waals surface area contributed by atoms with Crippen molar-refractivity contribution in [2.45, 2.75) is 38.3 Å². The van der Waals surface area contributed by atoms with E-state index < -0.39 is 0 Å². The average Bonchev–Trinajstić information content (AvgIpc) is 2.83. The fourth-order valence-electron chi connectivity index (χ4n) is 3.26. The van der Waals surface area contributed by atoms with Crippen molar-refractivity contribution in [1.82, 2.24) is 14.5 Å². The molecule has 0 aliphatic heterocycles. The van der Waals surface area contributed by atoms with Crippen molar-refractivity contribution in [3.05, 3.63) is 28.9 Å². The molecule has 6 nitrogen and oxygen atoms in total. The van der Waals surface area contributed by atoms with E-state index in [1.54, 1.807) is 22.9 Å². The van der Waals surface area contributed by atoms with Gasteiger partial charge in [-0.25, -0.2) is 9.78 Å². The SMILES string of the molecule is CN(CCn1c(=O)oc2cccnc21)CC1CCCCC1O. The molecular formula is C16H23N3O3. The Balaban J connectivity index is 1.61. The zero-order valence-corrected chi connectivity index (χ0v) is 12.9. The van der Waals surface area contributed by atoms with Gasteiger partial charge < -0.3 is 14.4 Å². The Morgan fingerprint density at radius 2 is 2.27 bits per heavy atom. The fraction of sp³-hybridized carbons (Fsp3) is 0.625. The van der Waals surface area contributed by atoms with E-state index in [0.717, 1.165) is 32.4 Å². The molecule has 22 heavy (non-hydrogen) atoms. The molecule has 0 bridgehead atoms. The van der Waals surface area contributed by atoms with Crippen molar-refractivity contribution in [3.8, 4) is 0 Å². The summed E-state index contributed by atoms with van der Waals surface area (Å²) < 4.78 is 6.76. The quantitative estimate of drug-likeness (QED) is 0.906. The molecule has 6 heteroatoms. The van der Waals surface area contributed by atoms with Crippen LogP contribution in [0.5, 0.6) is 0 Å². The average molecular weight is 305 g/mol. The first kappa shape index (κ1) is 15.2. The molecule has 120 valence electrons. The van der Waals surface area contributed by atoms with Crippen LogP contribution in [0.2, 0.25) is 0 Å². The predicted molar refractivity (Wildman–Crippen MR) is 83.7 cm³/mol. The second kappa shape index (κ2) is 6.62. The van der Waals surface area contributed by atoms with Crippen LogP contribution >= 0.6 is 0 Å². The molecule has 1 fully saturated rings. The van der Waals surface area contributed by atoms with Crippen LogP contribution in [0, 0.1) is 5.92 Å². The van der Waals surface area contributed by atoms with Gasteiger partial charge in [-0.15, -0.1) is 0 Å². The number of fused-ring (bicyclic) bond motifs is 1. The molecule has 0 spiro atoms. The van der Waals surface area contributed by atoms with Crippen molar-refractivity contribution in [1.29, 1.82) is 0 Å². The second-order valence-corrected chi connectivity index (χ2v) is 6.22. The number of nitrogens with zero attached hydrogens (tertiary/aromatic N) is 3. The highest BCUT2D eigenvalue weighted by atomic mass is 16.4. The standard InChI is InChI=1S/C16H23N3O3/c1-18(11-12-5-2-3-6-13(12)20)9-10-19-15-14(22-16(19)21)7-4-8-17-15/h4,7-8,12-13,20H,2-3,5-6,9-11H2,1H3. The van der Waals surface area contributed by atoms with E-state index in [4.69, 9.17) is 4.42 Å². The molecule has 1 saturated carbocycles. The van der Waals surface area contributed by atoms with Crippen molar-refractivity contribution >= 4 is 11.2 Å². The van der Waals surface area contributed by atoms with E-state index in [-0.39, 0.29) is 11.9 Å². The normalized spacial score (nSPS) is 22.5. The van der Waals surface area contributed by atoms with Crippen LogP contribution < -0.4 is 5.76 Å². The monoisotopic (exact) mass is 305 g/mol. The van der Waals surface area contributed by atoms with E-state index >= 15 is 0 Å². The zero-order chi connectivity index (χ0) is 15.5. The maximum Gasteiger partial charge on any atom is 0.421 e. The molecule has 1 N–H and O–H groups in total. The Labute approximate surface area is 129 Å². The number of aromatic nitrogens is 2. The van der Waals surface area contributed by atoms with E-state index in [0.29, 0.717) is 23.7 Å². The molecule has 0 amide bonds. The third-order valence-corrected chi connectivity index (χ3v) is 4.54. The van der Waals surface area contributed by atoms with Crippen molar-refractivity contribution in [2.75, 3.05) is 20.1 Å². The van der Waals surface area contributed by atoms with Crippen molar-refractivity contribution < 1.29 is 9.52 Å². The van der Waals surface area contributed by atoms with Gasteiger partial charge in [-0.2, -0.15) is 0 Å². The summed E-state index contributed by atoms with van der Waals surface area (Å²) in [5.41, 5.74) is 1.12. The van der Waals surface area contributed by atoms with Gasteiger partial charge in [-0.3, -0.25) is 4.57 Å². The number of aliphatic hydroxyl groups is 1. The summed E-state index contributed by atoms with van der Waals surface area (Å²) in [5.74, 6) is -0.0190. The lowest BCUT2D eigenvalue weighted by Gasteiger charge is -2.31. The lowest BCUT2D eigenvalue weighted by Crippen LogP contribution is -2.37. The van der Waals surface area contributed by atoms with E-state index in [1.165, 1.54) is 6.42 Å². The predicted octanol–water partition coefficient (Wildman–Crippen LogP) is 1.47. The van der Waals surface area contributed by atoms with E-state index in [2.05, 4.69) is 9.88 Å². The first-order chi connectivity index (χ1) is 10.6. The maximum absolute atomic E-state index is 11.9. The Bertz CT molecular complexity index is 679. The highest BCUT2D eigenvalue weighted by molar-refractivity contribution is 5.67. The van der Waals surface area contributed by atoms with Crippen LogP contribution in [0.1, 0.15) is 25.7 Å². The fourth-order valence-corrected chi connectivity index (χ4v) is 3.26. The summed E-state index contributed by atoms with van der Waals surface area (Å²) in [6.07, 6.45) is 5.80. The van der Waals surface area contributed by atoms with Gasteiger partial charge in [0.05, 0.1) is 6.10 Å². The van der Waals surface area contributed by atoms with Gasteiger partial charge in [0.2, 0.25) is 0 Å². The highest BCUT2D eigenvalue weighted by Crippen LogP contribution is 2.24.